The predicted molar refractivity (Wildman–Crippen MR) is 96.8 cm³/mol. The number of halogens is 1. The van der Waals surface area contributed by atoms with Crippen LogP contribution in [0, 0.1) is 3.57 Å². The number of hydrogen-bond acceptors (Lipinski definition) is 4. The van der Waals surface area contributed by atoms with E-state index < -0.39 is 5.97 Å². The highest BCUT2D eigenvalue weighted by Gasteiger charge is 2.19. The molecule has 0 atom stereocenters. The molecule has 0 unspecified atom stereocenters. The maximum absolute atomic E-state index is 12.3. The molecule has 1 amide bonds. The van der Waals surface area contributed by atoms with Crippen molar-refractivity contribution in [3.05, 3.63) is 49.9 Å². The van der Waals surface area contributed by atoms with E-state index in [0.717, 1.165) is 14.9 Å². The molecule has 1 heterocycles. The van der Waals surface area contributed by atoms with E-state index in [9.17, 15) is 9.59 Å². The first-order valence-electron chi connectivity index (χ1n) is 6.91. The van der Waals surface area contributed by atoms with Crippen LogP contribution in [0.4, 0.5) is 5.00 Å². The molecule has 0 radical (unpaired) electrons. The summed E-state index contributed by atoms with van der Waals surface area (Å²) in [6, 6.07) is 9.04. The van der Waals surface area contributed by atoms with Crippen LogP contribution >= 0.6 is 33.9 Å². The van der Waals surface area contributed by atoms with Crippen molar-refractivity contribution >= 4 is 50.8 Å². The van der Waals surface area contributed by atoms with Gasteiger partial charge < -0.3 is 10.1 Å². The van der Waals surface area contributed by atoms with E-state index in [2.05, 4.69) is 27.9 Å². The van der Waals surface area contributed by atoms with E-state index in [1.54, 1.807) is 25.1 Å². The van der Waals surface area contributed by atoms with Crippen LogP contribution in [0.3, 0.4) is 0 Å². The monoisotopic (exact) mass is 429 g/mol. The smallest absolute Gasteiger partial charge is 0.341 e. The zero-order valence-electron chi connectivity index (χ0n) is 12.3. The Morgan fingerprint density at radius 2 is 1.91 bits per heavy atom. The lowest BCUT2D eigenvalue weighted by atomic mass is 10.2. The van der Waals surface area contributed by atoms with Crippen molar-refractivity contribution in [3.8, 4) is 0 Å². The SMILES string of the molecule is CCOC(=O)c1cc(CC)sc1NC(=O)c1ccc(I)cc1. The highest BCUT2D eigenvalue weighted by atomic mass is 127. The number of esters is 1. The van der Waals surface area contributed by atoms with Crippen LogP contribution in [0.2, 0.25) is 0 Å². The van der Waals surface area contributed by atoms with E-state index in [1.165, 1.54) is 11.3 Å². The fraction of sp³-hybridized carbons (Fsp3) is 0.250. The summed E-state index contributed by atoms with van der Waals surface area (Å²) < 4.78 is 6.11. The molecule has 0 saturated heterocycles. The zero-order chi connectivity index (χ0) is 16.1. The quantitative estimate of drug-likeness (QED) is 0.568. The van der Waals surface area contributed by atoms with Gasteiger partial charge in [-0.25, -0.2) is 4.79 Å². The molecule has 0 bridgehead atoms. The Labute approximate surface area is 147 Å². The van der Waals surface area contributed by atoms with E-state index in [-0.39, 0.29) is 5.91 Å². The average Bonchev–Trinajstić information content (AvgIpc) is 2.91. The molecule has 1 aromatic heterocycles. The maximum Gasteiger partial charge on any atom is 0.341 e. The number of rotatable bonds is 5. The summed E-state index contributed by atoms with van der Waals surface area (Å²) in [6.07, 6.45) is 0.802. The van der Waals surface area contributed by atoms with Crippen LogP contribution in [0.25, 0.3) is 0 Å². The molecule has 0 saturated carbocycles. The van der Waals surface area contributed by atoms with Crippen molar-refractivity contribution in [2.45, 2.75) is 20.3 Å². The van der Waals surface area contributed by atoms with Gasteiger partial charge in [-0.3, -0.25) is 4.79 Å². The number of ether oxygens (including phenoxy) is 1. The second kappa shape index (κ2) is 7.73. The van der Waals surface area contributed by atoms with E-state index in [1.807, 2.05) is 19.1 Å². The molecule has 22 heavy (non-hydrogen) atoms. The van der Waals surface area contributed by atoms with Crippen molar-refractivity contribution in [1.82, 2.24) is 0 Å². The molecule has 0 aliphatic heterocycles. The van der Waals surface area contributed by atoms with Gasteiger partial charge in [0.2, 0.25) is 0 Å². The Morgan fingerprint density at radius 3 is 2.50 bits per heavy atom. The van der Waals surface area contributed by atoms with Crippen LogP contribution in [0.1, 0.15) is 39.4 Å². The fourth-order valence-electron chi connectivity index (χ4n) is 1.85. The molecule has 0 aliphatic rings. The summed E-state index contributed by atoms with van der Waals surface area (Å²) in [5, 5.41) is 3.36. The van der Waals surface area contributed by atoms with Crippen molar-refractivity contribution in [2.75, 3.05) is 11.9 Å². The average molecular weight is 429 g/mol. The number of hydrogen-bond donors (Lipinski definition) is 1. The van der Waals surface area contributed by atoms with Crippen molar-refractivity contribution in [2.24, 2.45) is 0 Å². The minimum Gasteiger partial charge on any atom is -0.462 e. The number of benzene rings is 1. The molecule has 116 valence electrons. The van der Waals surface area contributed by atoms with Gasteiger partial charge in [0.1, 0.15) is 5.00 Å². The lowest BCUT2D eigenvalue weighted by molar-refractivity contribution is 0.0528. The Bertz CT molecular complexity index is 679. The molecule has 1 aromatic carbocycles. The number of aryl methyl sites for hydroxylation is 1. The van der Waals surface area contributed by atoms with Gasteiger partial charge in [-0.15, -0.1) is 11.3 Å². The Balaban J connectivity index is 2.24. The van der Waals surface area contributed by atoms with Gasteiger partial charge >= 0.3 is 5.97 Å². The minimum absolute atomic E-state index is 0.230. The van der Waals surface area contributed by atoms with Gasteiger partial charge in [0.25, 0.3) is 5.91 Å². The number of carbonyl (C=O) groups excluding carboxylic acids is 2. The van der Waals surface area contributed by atoms with Crippen LogP contribution in [0.5, 0.6) is 0 Å². The van der Waals surface area contributed by atoms with Gasteiger partial charge in [-0.2, -0.15) is 0 Å². The minimum atomic E-state index is -0.406. The summed E-state index contributed by atoms with van der Waals surface area (Å²) in [6.45, 7) is 4.07. The van der Waals surface area contributed by atoms with E-state index in [0.29, 0.717) is 22.7 Å². The zero-order valence-corrected chi connectivity index (χ0v) is 15.3. The summed E-state index contributed by atoms with van der Waals surface area (Å²) in [4.78, 5) is 25.3. The molecule has 2 rings (SSSR count). The topological polar surface area (TPSA) is 55.4 Å². The van der Waals surface area contributed by atoms with Gasteiger partial charge in [0.15, 0.2) is 0 Å². The molecule has 6 heteroatoms. The van der Waals surface area contributed by atoms with Crippen LogP contribution in [0.15, 0.2) is 30.3 Å². The molecular formula is C16H16INO3S. The van der Waals surface area contributed by atoms with Crippen LogP contribution in [-0.2, 0) is 11.2 Å². The molecule has 4 nitrogen and oxygen atoms in total. The van der Waals surface area contributed by atoms with Crippen LogP contribution < -0.4 is 5.32 Å². The fourth-order valence-corrected chi connectivity index (χ4v) is 3.18. The number of anilines is 1. The first-order chi connectivity index (χ1) is 10.5. The second-order valence-corrected chi connectivity index (χ2v) is 6.87. The highest BCUT2D eigenvalue weighted by molar-refractivity contribution is 14.1. The number of thiophene rings is 1. The highest BCUT2D eigenvalue weighted by Crippen LogP contribution is 2.29. The summed E-state index contributed by atoms with van der Waals surface area (Å²) >= 11 is 3.59. The standard InChI is InChI=1S/C16H16INO3S/c1-3-12-9-13(16(20)21-4-2)15(22-12)18-14(19)10-5-7-11(17)8-6-10/h5-9H,3-4H2,1-2H3,(H,18,19). The molecule has 0 fully saturated rings. The van der Waals surface area contributed by atoms with Crippen molar-refractivity contribution in [3.63, 3.8) is 0 Å². The Morgan fingerprint density at radius 1 is 1.23 bits per heavy atom. The second-order valence-electron chi connectivity index (χ2n) is 4.49. The molecule has 0 spiro atoms. The van der Waals surface area contributed by atoms with Gasteiger partial charge in [0.05, 0.1) is 12.2 Å². The predicted octanol–water partition coefficient (Wildman–Crippen LogP) is 4.34. The summed E-state index contributed by atoms with van der Waals surface area (Å²) in [5.41, 5.74) is 0.976. The number of carbonyl (C=O) groups is 2. The Hall–Kier alpha value is -1.41. The largest absolute Gasteiger partial charge is 0.462 e. The van der Waals surface area contributed by atoms with Gasteiger partial charge in [-0.1, -0.05) is 6.92 Å². The third kappa shape index (κ3) is 4.07. The van der Waals surface area contributed by atoms with E-state index in [4.69, 9.17) is 4.74 Å². The van der Waals surface area contributed by atoms with E-state index >= 15 is 0 Å². The molecule has 0 aliphatic carbocycles. The number of nitrogens with one attached hydrogen (secondary N) is 1. The Kier molecular flexibility index (Phi) is 5.96. The third-order valence-corrected chi connectivity index (χ3v) is 4.87. The molecule has 2 aromatic rings. The normalized spacial score (nSPS) is 10.3. The first kappa shape index (κ1) is 17.0. The number of amides is 1. The lowest BCUT2D eigenvalue weighted by Crippen LogP contribution is -2.14. The van der Waals surface area contributed by atoms with Gasteiger partial charge in [0, 0.05) is 14.0 Å². The lowest BCUT2D eigenvalue weighted by Gasteiger charge is -2.06. The summed E-state index contributed by atoms with van der Waals surface area (Å²) in [5.74, 6) is -0.636. The van der Waals surface area contributed by atoms with Crippen LogP contribution in [-0.4, -0.2) is 18.5 Å². The third-order valence-electron chi connectivity index (χ3n) is 2.96. The molecular weight excluding hydrogens is 413 g/mol. The summed E-state index contributed by atoms with van der Waals surface area (Å²) in [7, 11) is 0. The van der Waals surface area contributed by atoms with Crippen molar-refractivity contribution < 1.29 is 14.3 Å². The molecule has 1 N–H and O–H groups in total. The first-order valence-corrected chi connectivity index (χ1v) is 8.81. The van der Waals surface area contributed by atoms with Gasteiger partial charge in [-0.05, 0) is 66.3 Å². The van der Waals surface area contributed by atoms with Crippen molar-refractivity contribution in [1.29, 1.82) is 0 Å². The maximum atomic E-state index is 12.3.